The van der Waals surface area contributed by atoms with Crippen LogP contribution in [-0.2, 0) is 0 Å². The van der Waals surface area contributed by atoms with Gasteiger partial charge >= 0.3 is 0 Å². The summed E-state index contributed by atoms with van der Waals surface area (Å²) in [6.07, 6.45) is 3.20. The highest BCUT2D eigenvalue weighted by molar-refractivity contribution is 8.26. The molecule has 0 aliphatic heterocycles. The highest BCUT2D eigenvalue weighted by Gasteiger charge is 2.02. The van der Waals surface area contributed by atoms with Gasteiger partial charge in [0.2, 0.25) is 0 Å². The number of thioether (sulfide) groups is 1. The number of rotatable bonds is 1. The van der Waals surface area contributed by atoms with Crippen molar-refractivity contribution in [2.24, 2.45) is 5.73 Å². The minimum Gasteiger partial charge on any atom is -0.378 e. The number of hydrogen-bond donors (Lipinski definition) is 3. The molecule has 0 aliphatic carbocycles. The minimum absolute atomic E-state index is 0. The molecule has 70 valence electrons. The molecule has 1 aromatic rings. The molecule has 4 nitrogen and oxygen atoms in total. The first-order chi connectivity index (χ1) is 5.70. The van der Waals surface area contributed by atoms with Crippen LogP contribution in [0.15, 0.2) is 24.5 Å². The Hall–Kier alpha value is -1.36. The molecule has 13 heavy (non-hydrogen) atoms. The van der Waals surface area contributed by atoms with Gasteiger partial charge in [-0.25, -0.2) is 0 Å². The van der Waals surface area contributed by atoms with Crippen LogP contribution in [0.25, 0.3) is 0 Å². The Bertz CT molecular complexity index is 296. The summed E-state index contributed by atoms with van der Waals surface area (Å²) < 4.78 is 0. The molecule has 1 aromatic heterocycles. The van der Waals surface area contributed by atoms with E-state index in [1.807, 2.05) is 0 Å². The summed E-state index contributed by atoms with van der Waals surface area (Å²) in [6.45, 7) is 0. The zero-order valence-corrected chi connectivity index (χ0v) is 7.06. The van der Waals surface area contributed by atoms with Crippen LogP contribution in [0, 0.1) is 10.8 Å². The number of pyridine rings is 1. The van der Waals surface area contributed by atoms with Crippen molar-refractivity contribution in [2.45, 2.75) is 7.43 Å². The molecule has 0 aliphatic rings. The molecule has 0 amide bonds. The first kappa shape index (κ1) is 11.6. The fourth-order valence-electron chi connectivity index (χ4n) is 0.672. The van der Waals surface area contributed by atoms with Gasteiger partial charge in [-0.2, -0.15) is 0 Å². The van der Waals surface area contributed by atoms with Crippen molar-refractivity contribution < 1.29 is 0 Å². The predicted octanol–water partition coefficient (Wildman–Crippen LogP) is 1.67. The van der Waals surface area contributed by atoms with Crippen molar-refractivity contribution in [1.29, 1.82) is 10.8 Å². The van der Waals surface area contributed by atoms with E-state index in [2.05, 4.69) is 4.98 Å². The molecule has 0 saturated heterocycles. The normalized spacial score (nSPS) is 8.62. The lowest BCUT2D eigenvalue weighted by molar-refractivity contribution is 1.32. The van der Waals surface area contributed by atoms with Crippen LogP contribution in [0.2, 0.25) is 0 Å². The van der Waals surface area contributed by atoms with Gasteiger partial charge in [0.05, 0.1) is 0 Å². The summed E-state index contributed by atoms with van der Waals surface area (Å²) in [7, 11) is 0. The number of amidine groups is 1. The van der Waals surface area contributed by atoms with Gasteiger partial charge < -0.3 is 5.73 Å². The fraction of sp³-hybridized carbons (Fsp3) is 0.125. The van der Waals surface area contributed by atoms with E-state index in [9.17, 15) is 0 Å². The van der Waals surface area contributed by atoms with Crippen LogP contribution < -0.4 is 5.73 Å². The van der Waals surface area contributed by atoms with Crippen LogP contribution in [0.1, 0.15) is 13.0 Å². The van der Waals surface area contributed by atoms with Gasteiger partial charge in [0.1, 0.15) is 5.04 Å². The molecule has 4 N–H and O–H groups in total. The lowest BCUT2D eigenvalue weighted by Gasteiger charge is -1.99. The highest BCUT2D eigenvalue weighted by atomic mass is 32.2. The summed E-state index contributed by atoms with van der Waals surface area (Å²) in [6, 6.07) is 3.41. The van der Waals surface area contributed by atoms with E-state index in [1.165, 1.54) is 0 Å². The topological polar surface area (TPSA) is 86.6 Å². The van der Waals surface area contributed by atoms with Gasteiger partial charge in [0.25, 0.3) is 0 Å². The van der Waals surface area contributed by atoms with E-state index in [0.29, 0.717) is 0 Å². The Kier molecular flexibility index (Phi) is 4.76. The molecule has 0 atom stereocenters. The molecule has 1 rings (SSSR count). The molecular weight excluding hydrogens is 184 g/mol. The second-order valence-corrected chi connectivity index (χ2v) is 3.08. The summed E-state index contributed by atoms with van der Waals surface area (Å²) in [5.74, 6) is 0. The van der Waals surface area contributed by atoms with Crippen molar-refractivity contribution in [1.82, 2.24) is 4.98 Å². The van der Waals surface area contributed by atoms with Gasteiger partial charge in [-0.3, -0.25) is 15.8 Å². The third-order valence-corrected chi connectivity index (χ3v) is 1.81. The van der Waals surface area contributed by atoms with Gasteiger partial charge in [-0.1, -0.05) is 7.43 Å². The Labute approximate surface area is 81.6 Å². The maximum Gasteiger partial charge on any atom is 0.157 e. The number of nitrogens with two attached hydrogens (primary N) is 1. The maximum absolute atomic E-state index is 7.47. The van der Waals surface area contributed by atoms with Crippen LogP contribution in [0.3, 0.4) is 0 Å². The van der Waals surface area contributed by atoms with Gasteiger partial charge in [-0.15, -0.1) is 0 Å². The monoisotopic (exact) mass is 196 g/mol. The SMILES string of the molecule is C.N=C(N)SC(=N)c1ccncc1. The molecule has 0 unspecified atom stereocenters. The molecule has 5 heteroatoms. The first-order valence-corrected chi connectivity index (χ1v) is 4.02. The van der Waals surface area contributed by atoms with E-state index >= 15 is 0 Å². The zero-order valence-electron chi connectivity index (χ0n) is 6.24. The molecule has 0 aromatic carbocycles. The average molecular weight is 196 g/mol. The zero-order chi connectivity index (χ0) is 8.97. The number of aromatic nitrogens is 1. The van der Waals surface area contributed by atoms with E-state index in [-0.39, 0.29) is 17.6 Å². The van der Waals surface area contributed by atoms with Crippen molar-refractivity contribution in [3.05, 3.63) is 30.1 Å². The fourth-order valence-corrected chi connectivity index (χ4v) is 1.15. The summed E-state index contributed by atoms with van der Waals surface area (Å²) in [5, 5.41) is 14.6. The van der Waals surface area contributed by atoms with Crippen molar-refractivity contribution in [2.75, 3.05) is 0 Å². The number of hydrogen-bond acceptors (Lipinski definition) is 4. The van der Waals surface area contributed by atoms with E-state index in [1.54, 1.807) is 24.5 Å². The second kappa shape index (κ2) is 5.31. The van der Waals surface area contributed by atoms with Crippen LogP contribution in [0.4, 0.5) is 0 Å². The molecule has 1 heterocycles. The number of nitrogens with zero attached hydrogens (tertiary/aromatic N) is 1. The molecular formula is C8H12N4S. The first-order valence-electron chi connectivity index (χ1n) is 3.21. The van der Waals surface area contributed by atoms with Crippen molar-refractivity contribution >= 4 is 22.0 Å². The Morgan fingerprint density at radius 2 is 1.85 bits per heavy atom. The van der Waals surface area contributed by atoms with Crippen LogP contribution in [-0.4, -0.2) is 15.2 Å². The quantitative estimate of drug-likeness (QED) is 0.471. The summed E-state index contributed by atoms with van der Waals surface area (Å²) in [5.41, 5.74) is 5.85. The molecule has 0 fully saturated rings. The van der Waals surface area contributed by atoms with Gasteiger partial charge in [0, 0.05) is 18.0 Å². The summed E-state index contributed by atoms with van der Waals surface area (Å²) >= 11 is 0.924. The standard InChI is InChI=1S/C7H8N4S.CH4/c8-6(12-7(9)10)5-1-3-11-4-2-5;/h1-4,8H,(H3,9,10);1H4. The predicted molar refractivity (Wildman–Crippen MR) is 57.3 cm³/mol. The minimum atomic E-state index is -0.0724. The lowest BCUT2D eigenvalue weighted by atomic mass is 10.3. The molecule has 0 radical (unpaired) electrons. The lowest BCUT2D eigenvalue weighted by Crippen LogP contribution is -2.08. The molecule has 0 saturated carbocycles. The summed E-state index contributed by atoms with van der Waals surface area (Å²) in [4.78, 5) is 3.82. The van der Waals surface area contributed by atoms with E-state index < -0.39 is 0 Å². The third-order valence-electron chi connectivity index (χ3n) is 1.15. The smallest absolute Gasteiger partial charge is 0.157 e. The van der Waals surface area contributed by atoms with Gasteiger partial charge in [0.15, 0.2) is 5.17 Å². The average Bonchev–Trinajstić information content (AvgIpc) is 2.05. The number of nitrogens with one attached hydrogen (secondary N) is 2. The largest absolute Gasteiger partial charge is 0.378 e. The van der Waals surface area contributed by atoms with E-state index in [4.69, 9.17) is 16.6 Å². The highest BCUT2D eigenvalue weighted by Crippen LogP contribution is 2.09. The molecule has 0 bridgehead atoms. The third kappa shape index (κ3) is 3.71. The van der Waals surface area contributed by atoms with Crippen LogP contribution in [0.5, 0.6) is 0 Å². The van der Waals surface area contributed by atoms with Crippen molar-refractivity contribution in [3.63, 3.8) is 0 Å². The maximum atomic E-state index is 7.47. The second-order valence-electron chi connectivity index (χ2n) is 2.03. The van der Waals surface area contributed by atoms with Crippen LogP contribution >= 0.6 is 11.8 Å². The van der Waals surface area contributed by atoms with Crippen molar-refractivity contribution in [3.8, 4) is 0 Å². The molecule has 0 spiro atoms. The van der Waals surface area contributed by atoms with E-state index in [0.717, 1.165) is 17.3 Å². The Morgan fingerprint density at radius 3 is 2.31 bits per heavy atom. The van der Waals surface area contributed by atoms with Gasteiger partial charge in [-0.05, 0) is 23.9 Å². The Morgan fingerprint density at radius 1 is 1.31 bits per heavy atom. The Balaban J connectivity index is 0.00000144.